The summed E-state index contributed by atoms with van der Waals surface area (Å²) < 4.78 is 0. The first-order valence-corrected chi connectivity index (χ1v) is 5.57. The fourth-order valence-electron chi connectivity index (χ4n) is 1.33. The van der Waals surface area contributed by atoms with Crippen molar-refractivity contribution in [1.29, 1.82) is 0 Å². The molecule has 0 saturated heterocycles. The van der Waals surface area contributed by atoms with Crippen LogP contribution in [0.1, 0.15) is 41.7 Å². The zero-order chi connectivity index (χ0) is 10.0. The van der Waals surface area contributed by atoms with E-state index in [1.807, 2.05) is 0 Å². The molecule has 0 aliphatic heterocycles. The van der Waals surface area contributed by atoms with Gasteiger partial charge in [0.2, 0.25) is 0 Å². The highest BCUT2D eigenvalue weighted by Gasteiger charge is 2.12. The Balaban J connectivity index is 2.71. The summed E-state index contributed by atoms with van der Waals surface area (Å²) in [5.41, 5.74) is 1.29. The van der Waals surface area contributed by atoms with E-state index >= 15 is 0 Å². The number of thiophene rings is 1. The van der Waals surface area contributed by atoms with Gasteiger partial charge in [-0.05, 0) is 37.8 Å². The Morgan fingerprint density at radius 2 is 2.00 bits per heavy atom. The maximum absolute atomic E-state index is 9.84. The van der Waals surface area contributed by atoms with Crippen LogP contribution in [0.15, 0.2) is 6.07 Å². The molecule has 2 heteroatoms. The van der Waals surface area contributed by atoms with Gasteiger partial charge >= 0.3 is 0 Å². The Labute approximate surface area is 84.4 Å². The largest absolute Gasteiger partial charge is 0.388 e. The van der Waals surface area contributed by atoms with Crippen LogP contribution in [0.2, 0.25) is 0 Å². The normalized spacial score (nSPS) is 13.7. The lowest BCUT2D eigenvalue weighted by Gasteiger charge is -2.10. The van der Waals surface area contributed by atoms with E-state index in [2.05, 4.69) is 33.8 Å². The van der Waals surface area contributed by atoms with Gasteiger partial charge in [0.05, 0.1) is 6.10 Å². The highest BCUT2D eigenvalue weighted by Crippen LogP contribution is 2.29. The third-order valence-electron chi connectivity index (χ3n) is 2.21. The molecule has 1 nitrogen and oxygen atoms in total. The highest BCUT2D eigenvalue weighted by molar-refractivity contribution is 7.12. The molecule has 13 heavy (non-hydrogen) atoms. The highest BCUT2D eigenvalue weighted by atomic mass is 32.1. The van der Waals surface area contributed by atoms with Crippen molar-refractivity contribution in [3.05, 3.63) is 21.4 Å². The van der Waals surface area contributed by atoms with Gasteiger partial charge in [0.25, 0.3) is 0 Å². The van der Waals surface area contributed by atoms with Crippen LogP contribution >= 0.6 is 11.3 Å². The minimum Gasteiger partial charge on any atom is -0.388 e. The SMILES string of the molecule is Cc1cc(C(O)CC(C)C)sc1C. The molecule has 0 aliphatic rings. The van der Waals surface area contributed by atoms with E-state index in [1.54, 1.807) is 11.3 Å². The van der Waals surface area contributed by atoms with Crippen LogP contribution < -0.4 is 0 Å². The molecule has 0 aromatic carbocycles. The van der Waals surface area contributed by atoms with Gasteiger partial charge in [-0.2, -0.15) is 0 Å². The van der Waals surface area contributed by atoms with Crippen LogP contribution in [0.25, 0.3) is 0 Å². The van der Waals surface area contributed by atoms with Crippen molar-refractivity contribution >= 4 is 11.3 Å². The predicted octanol–water partition coefficient (Wildman–Crippen LogP) is 3.44. The predicted molar refractivity (Wildman–Crippen MR) is 58.2 cm³/mol. The Bertz CT molecular complexity index is 256. The quantitative estimate of drug-likeness (QED) is 0.788. The van der Waals surface area contributed by atoms with Gasteiger partial charge in [0, 0.05) is 9.75 Å². The summed E-state index contributed by atoms with van der Waals surface area (Å²) in [5.74, 6) is 0.553. The van der Waals surface area contributed by atoms with Gasteiger partial charge in [-0.3, -0.25) is 0 Å². The molecule has 1 N–H and O–H groups in total. The maximum atomic E-state index is 9.84. The van der Waals surface area contributed by atoms with Gasteiger partial charge in [-0.25, -0.2) is 0 Å². The topological polar surface area (TPSA) is 20.2 Å². The summed E-state index contributed by atoms with van der Waals surface area (Å²) in [6.07, 6.45) is 0.594. The third-order valence-corrected chi connectivity index (χ3v) is 3.46. The van der Waals surface area contributed by atoms with Gasteiger partial charge in [-0.1, -0.05) is 13.8 Å². The summed E-state index contributed by atoms with van der Waals surface area (Å²) in [7, 11) is 0. The van der Waals surface area contributed by atoms with Crippen molar-refractivity contribution in [1.82, 2.24) is 0 Å². The zero-order valence-corrected chi connectivity index (χ0v) is 9.61. The third kappa shape index (κ3) is 2.82. The monoisotopic (exact) mass is 198 g/mol. The number of aryl methyl sites for hydroxylation is 2. The number of hydrogen-bond acceptors (Lipinski definition) is 2. The van der Waals surface area contributed by atoms with Crippen LogP contribution in [-0.2, 0) is 0 Å². The Kier molecular flexibility index (Phi) is 3.51. The lowest BCUT2D eigenvalue weighted by molar-refractivity contribution is 0.154. The second kappa shape index (κ2) is 4.25. The van der Waals surface area contributed by atoms with E-state index in [0.29, 0.717) is 5.92 Å². The van der Waals surface area contributed by atoms with Crippen LogP contribution in [0.5, 0.6) is 0 Å². The molecule has 1 atom stereocenters. The van der Waals surface area contributed by atoms with Gasteiger partial charge in [0.15, 0.2) is 0 Å². The fraction of sp³-hybridized carbons (Fsp3) is 0.636. The average Bonchev–Trinajstić information content (AvgIpc) is 2.31. The van der Waals surface area contributed by atoms with Crippen LogP contribution in [0, 0.1) is 19.8 Å². The molecule has 1 heterocycles. The summed E-state index contributed by atoms with van der Waals surface area (Å²) in [6, 6.07) is 2.10. The summed E-state index contributed by atoms with van der Waals surface area (Å²) in [6.45, 7) is 8.47. The Hall–Kier alpha value is -0.340. The fourth-order valence-corrected chi connectivity index (χ4v) is 2.37. The summed E-state index contributed by atoms with van der Waals surface area (Å²) in [4.78, 5) is 2.43. The average molecular weight is 198 g/mol. The Morgan fingerprint density at radius 1 is 1.38 bits per heavy atom. The number of aliphatic hydroxyl groups excluding tert-OH is 1. The van der Waals surface area contributed by atoms with Crippen molar-refractivity contribution < 1.29 is 5.11 Å². The minimum atomic E-state index is -0.266. The molecule has 1 rings (SSSR count). The van der Waals surface area contributed by atoms with Crippen molar-refractivity contribution in [2.24, 2.45) is 5.92 Å². The lowest BCUT2D eigenvalue weighted by Crippen LogP contribution is -1.99. The number of aliphatic hydroxyl groups is 1. The molecule has 0 saturated carbocycles. The smallest absolute Gasteiger partial charge is 0.0884 e. The number of rotatable bonds is 3. The Morgan fingerprint density at radius 3 is 2.38 bits per heavy atom. The molecular weight excluding hydrogens is 180 g/mol. The number of hydrogen-bond donors (Lipinski definition) is 1. The van der Waals surface area contributed by atoms with Crippen molar-refractivity contribution in [2.75, 3.05) is 0 Å². The molecule has 0 amide bonds. The van der Waals surface area contributed by atoms with E-state index in [4.69, 9.17) is 0 Å². The molecule has 0 bridgehead atoms. The standard InChI is InChI=1S/C11H18OS/c1-7(2)5-10(12)11-6-8(3)9(4)13-11/h6-7,10,12H,5H2,1-4H3. The van der Waals surface area contributed by atoms with E-state index in [9.17, 15) is 5.11 Å². The van der Waals surface area contributed by atoms with Gasteiger partial charge in [0.1, 0.15) is 0 Å². The molecule has 1 aromatic rings. The summed E-state index contributed by atoms with van der Waals surface area (Å²) >= 11 is 1.71. The molecule has 1 aromatic heterocycles. The molecule has 0 aliphatic carbocycles. The lowest BCUT2D eigenvalue weighted by atomic mass is 10.0. The molecule has 1 unspecified atom stereocenters. The first kappa shape index (κ1) is 10.7. The van der Waals surface area contributed by atoms with E-state index in [0.717, 1.165) is 11.3 Å². The molecule has 0 fully saturated rings. The van der Waals surface area contributed by atoms with Gasteiger partial charge in [-0.15, -0.1) is 11.3 Å². The van der Waals surface area contributed by atoms with Crippen LogP contribution in [0.4, 0.5) is 0 Å². The van der Waals surface area contributed by atoms with Crippen molar-refractivity contribution in [3.8, 4) is 0 Å². The van der Waals surface area contributed by atoms with E-state index in [-0.39, 0.29) is 6.10 Å². The molecule has 0 spiro atoms. The van der Waals surface area contributed by atoms with Crippen LogP contribution in [-0.4, -0.2) is 5.11 Å². The maximum Gasteiger partial charge on any atom is 0.0884 e. The van der Waals surface area contributed by atoms with E-state index < -0.39 is 0 Å². The molecule has 0 radical (unpaired) electrons. The zero-order valence-electron chi connectivity index (χ0n) is 8.79. The van der Waals surface area contributed by atoms with Crippen LogP contribution in [0.3, 0.4) is 0 Å². The van der Waals surface area contributed by atoms with Crippen molar-refractivity contribution in [3.63, 3.8) is 0 Å². The first-order chi connectivity index (χ1) is 6.00. The second-order valence-electron chi connectivity index (χ2n) is 4.03. The first-order valence-electron chi connectivity index (χ1n) is 4.75. The minimum absolute atomic E-state index is 0.266. The molecule has 74 valence electrons. The summed E-state index contributed by atoms with van der Waals surface area (Å²) in [5, 5.41) is 9.84. The second-order valence-corrected chi connectivity index (χ2v) is 5.32. The molecular formula is C11H18OS. The van der Waals surface area contributed by atoms with E-state index in [1.165, 1.54) is 10.4 Å². The van der Waals surface area contributed by atoms with Gasteiger partial charge < -0.3 is 5.11 Å². The van der Waals surface area contributed by atoms with Crippen molar-refractivity contribution in [2.45, 2.75) is 40.2 Å².